The molecule has 1 fully saturated rings. The van der Waals surface area contributed by atoms with E-state index < -0.39 is 11.5 Å². The molecule has 5 heterocycles. The van der Waals surface area contributed by atoms with Crippen LogP contribution in [0, 0.1) is 12.7 Å². The number of piperazine rings is 1. The van der Waals surface area contributed by atoms with Crippen LogP contribution in [-0.4, -0.2) is 67.8 Å². The molecule has 10 nitrogen and oxygen atoms in total. The van der Waals surface area contributed by atoms with Crippen LogP contribution in [0.3, 0.4) is 0 Å². The number of H-pyrrole nitrogens is 1. The summed E-state index contributed by atoms with van der Waals surface area (Å²) in [6, 6.07) is 11.0. The molecule has 11 heteroatoms. The van der Waals surface area contributed by atoms with Crippen molar-refractivity contribution in [1.29, 1.82) is 0 Å². The number of aromatic amines is 1. The molecule has 5 aromatic rings. The van der Waals surface area contributed by atoms with Gasteiger partial charge in [0.15, 0.2) is 17.2 Å². The van der Waals surface area contributed by atoms with E-state index in [0.29, 0.717) is 47.5 Å². The van der Waals surface area contributed by atoms with Crippen molar-refractivity contribution in [3.05, 3.63) is 82.7 Å². The Morgan fingerprint density at radius 1 is 1.19 bits per heavy atom. The highest BCUT2D eigenvalue weighted by atomic mass is 19.1. The van der Waals surface area contributed by atoms with Gasteiger partial charge in [-0.3, -0.25) is 9.89 Å². The number of ether oxygens (including phenoxy) is 1. The first kappa shape index (κ1) is 26.8. The van der Waals surface area contributed by atoms with Crippen LogP contribution in [0.5, 0.6) is 5.75 Å². The van der Waals surface area contributed by atoms with Crippen LogP contribution < -0.4 is 15.3 Å². The number of aryl methyl sites for hydroxylation is 1. The number of benzene rings is 2. The number of fused-ring (bicyclic) bond motifs is 3. The highest BCUT2D eigenvalue weighted by molar-refractivity contribution is 6.00. The number of amides is 1. The average Bonchev–Trinajstić information content (AvgIpc) is 3.42. The number of halogens is 1. The smallest absolute Gasteiger partial charge is 0.355 e. The first-order valence-electron chi connectivity index (χ1n) is 14.3. The van der Waals surface area contributed by atoms with Crippen LogP contribution >= 0.6 is 0 Å². The largest absolute Gasteiger partial charge is 0.487 e. The van der Waals surface area contributed by atoms with Gasteiger partial charge in [0.1, 0.15) is 23.5 Å². The molecule has 1 N–H and O–H groups in total. The molecule has 1 unspecified atom stereocenters. The van der Waals surface area contributed by atoms with Gasteiger partial charge in [0.25, 0.3) is 0 Å². The van der Waals surface area contributed by atoms with Crippen LogP contribution in [-0.2, 0) is 4.79 Å². The normalized spacial score (nSPS) is 16.3. The molecule has 218 valence electrons. The Balaban J connectivity index is 1.57. The third kappa shape index (κ3) is 4.10. The molecule has 2 aliphatic heterocycles. The lowest BCUT2D eigenvalue weighted by Gasteiger charge is -2.40. The van der Waals surface area contributed by atoms with E-state index in [1.165, 1.54) is 10.6 Å². The Morgan fingerprint density at radius 2 is 2.00 bits per heavy atom. The summed E-state index contributed by atoms with van der Waals surface area (Å²) in [5.74, 6) is -0.467. The van der Waals surface area contributed by atoms with Crippen molar-refractivity contribution in [3.8, 4) is 22.7 Å². The highest BCUT2D eigenvalue weighted by Gasteiger charge is 2.37. The molecule has 0 bridgehead atoms. The van der Waals surface area contributed by atoms with Crippen LogP contribution in [0.25, 0.3) is 38.9 Å². The van der Waals surface area contributed by atoms with Crippen molar-refractivity contribution in [2.45, 2.75) is 32.7 Å². The lowest BCUT2D eigenvalue weighted by atomic mass is 9.99. The number of carbonyl (C=O) groups is 1. The SMILES string of the molecule is C=CC(=O)N1CCN2c3nc(=O)n(-c4ccccc4C(C)C)c4nc(-c5c(C)ccc6[nH]ncc56)c(F)c(c34)OCC2C1. The molecule has 1 atom stereocenters. The Bertz CT molecular complexity index is 2010. The van der Waals surface area contributed by atoms with Crippen molar-refractivity contribution in [2.24, 2.45) is 0 Å². The first-order valence-corrected chi connectivity index (χ1v) is 14.3. The molecule has 3 aromatic heterocycles. The van der Waals surface area contributed by atoms with Gasteiger partial charge in [-0.25, -0.2) is 18.7 Å². The quantitative estimate of drug-likeness (QED) is 0.313. The molecular formula is C32H30FN7O3. The highest BCUT2D eigenvalue weighted by Crippen LogP contribution is 2.43. The zero-order chi connectivity index (χ0) is 30.0. The van der Waals surface area contributed by atoms with Crippen LogP contribution in [0.1, 0.15) is 30.9 Å². The monoisotopic (exact) mass is 579 g/mol. The number of pyridine rings is 1. The molecule has 7 rings (SSSR count). The minimum Gasteiger partial charge on any atom is -0.487 e. The van der Waals surface area contributed by atoms with Crippen LogP contribution in [0.2, 0.25) is 0 Å². The van der Waals surface area contributed by atoms with Gasteiger partial charge in [-0.15, -0.1) is 0 Å². The van der Waals surface area contributed by atoms with Crippen LogP contribution in [0.15, 0.2) is 60.0 Å². The summed E-state index contributed by atoms with van der Waals surface area (Å²) >= 11 is 0. The van der Waals surface area contributed by atoms with E-state index in [1.54, 1.807) is 11.1 Å². The Kier molecular flexibility index (Phi) is 6.26. The van der Waals surface area contributed by atoms with Gasteiger partial charge < -0.3 is 14.5 Å². The molecule has 2 aromatic carbocycles. The fourth-order valence-corrected chi connectivity index (χ4v) is 6.31. The van der Waals surface area contributed by atoms with E-state index in [9.17, 15) is 9.59 Å². The van der Waals surface area contributed by atoms with Gasteiger partial charge >= 0.3 is 5.69 Å². The fourth-order valence-electron chi connectivity index (χ4n) is 6.31. The third-order valence-electron chi connectivity index (χ3n) is 8.43. The number of para-hydroxylation sites is 1. The van der Waals surface area contributed by atoms with E-state index in [4.69, 9.17) is 9.72 Å². The maximum absolute atomic E-state index is 16.8. The van der Waals surface area contributed by atoms with Gasteiger partial charge in [-0.1, -0.05) is 44.7 Å². The predicted molar refractivity (Wildman–Crippen MR) is 162 cm³/mol. The van der Waals surface area contributed by atoms with Gasteiger partial charge in [-0.05, 0) is 42.2 Å². The Morgan fingerprint density at radius 3 is 2.79 bits per heavy atom. The summed E-state index contributed by atoms with van der Waals surface area (Å²) in [5, 5.41) is 8.15. The Labute approximate surface area is 246 Å². The van der Waals surface area contributed by atoms with Gasteiger partial charge in [0.05, 0.1) is 23.4 Å². The van der Waals surface area contributed by atoms with E-state index >= 15 is 4.39 Å². The number of rotatable bonds is 4. The summed E-state index contributed by atoms with van der Waals surface area (Å²) in [7, 11) is 0. The number of nitrogens with one attached hydrogen (secondary N) is 1. The molecular weight excluding hydrogens is 549 g/mol. The second-order valence-electron chi connectivity index (χ2n) is 11.3. The van der Waals surface area contributed by atoms with E-state index in [0.717, 1.165) is 16.6 Å². The maximum Gasteiger partial charge on any atom is 0.355 e. The molecule has 0 aliphatic carbocycles. The number of hydrogen-bond donors (Lipinski definition) is 1. The molecule has 2 aliphatic rings. The van der Waals surface area contributed by atoms with Crippen molar-refractivity contribution < 1.29 is 13.9 Å². The van der Waals surface area contributed by atoms with Crippen molar-refractivity contribution in [2.75, 3.05) is 31.1 Å². The van der Waals surface area contributed by atoms with Crippen LogP contribution in [0.4, 0.5) is 10.2 Å². The van der Waals surface area contributed by atoms with Crippen molar-refractivity contribution in [3.63, 3.8) is 0 Å². The second-order valence-corrected chi connectivity index (χ2v) is 11.3. The number of carbonyl (C=O) groups excluding carboxylic acids is 1. The van der Waals surface area contributed by atoms with Gasteiger partial charge in [0, 0.05) is 30.6 Å². The maximum atomic E-state index is 16.8. The molecule has 1 amide bonds. The van der Waals surface area contributed by atoms with Gasteiger partial charge in [-0.2, -0.15) is 10.1 Å². The number of nitrogens with zero attached hydrogens (tertiary/aromatic N) is 6. The topological polar surface area (TPSA) is 109 Å². The predicted octanol–water partition coefficient (Wildman–Crippen LogP) is 4.49. The number of hydrogen-bond acceptors (Lipinski definition) is 7. The molecule has 0 radical (unpaired) electrons. The van der Waals surface area contributed by atoms with E-state index in [1.807, 2.05) is 62.1 Å². The minimum atomic E-state index is -0.645. The summed E-state index contributed by atoms with van der Waals surface area (Å²) in [6.45, 7) is 10.8. The zero-order valence-electron chi connectivity index (χ0n) is 24.1. The molecule has 1 saturated heterocycles. The summed E-state index contributed by atoms with van der Waals surface area (Å²) < 4.78 is 24.6. The molecule has 0 spiro atoms. The minimum absolute atomic E-state index is 0.0193. The number of anilines is 1. The van der Waals surface area contributed by atoms with E-state index in [2.05, 4.69) is 21.8 Å². The van der Waals surface area contributed by atoms with E-state index in [-0.39, 0.29) is 41.6 Å². The number of aromatic nitrogens is 5. The summed E-state index contributed by atoms with van der Waals surface area (Å²) in [5.41, 5.74) is 3.41. The molecule has 43 heavy (non-hydrogen) atoms. The lowest BCUT2D eigenvalue weighted by molar-refractivity contribution is -0.126. The van der Waals surface area contributed by atoms with Crippen molar-refractivity contribution in [1.82, 2.24) is 29.6 Å². The summed E-state index contributed by atoms with van der Waals surface area (Å²) in [4.78, 5) is 39.6. The third-order valence-corrected chi connectivity index (χ3v) is 8.43. The average molecular weight is 580 g/mol. The van der Waals surface area contributed by atoms with Gasteiger partial charge in [0.2, 0.25) is 5.91 Å². The molecule has 0 saturated carbocycles. The fraction of sp³-hybridized carbons (Fsp3) is 0.281. The first-order chi connectivity index (χ1) is 20.8. The van der Waals surface area contributed by atoms with Crippen molar-refractivity contribution >= 4 is 33.7 Å². The second kappa shape index (κ2) is 10.0. The lowest BCUT2D eigenvalue weighted by Crippen LogP contribution is -2.56. The Hall–Kier alpha value is -5.06. The standard InChI is InChI=1S/C32H30FN7O3/c1-5-24(41)38-12-13-39-19(15-38)16-43-29-26-30(39)36-32(42)40(23-9-7-6-8-20(23)17(2)3)31(26)35-28(27(29)33)25-18(4)10-11-22-21(25)14-34-37-22/h5-11,14,17,19H,1,12-13,15-16H2,2-4H3,(H,34,37). The zero-order valence-corrected chi connectivity index (χ0v) is 24.1. The summed E-state index contributed by atoms with van der Waals surface area (Å²) in [6.07, 6.45) is 2.92.